The maximum Gasteiger partial charge on any atom is 0.212 e. The van der Waals surface area contributed by atoms with Gasteiger partial charge in [0.15, 0.2) is 12.4 Å². The van der Waals surface area contributed by atoms with Gasteiger partial charge >= 0.3 is 0 Å². The molecule has 4 rings (SSSR count). The Hall–Kier alpha value is -3.26. The van der Waals surface area contributed by atoms with Gasteiger partial charge in [-0.25, -0.2) is 9.13 Å². The van der Waals surface area contributed by atoms with Crippen LogP contribution in [0.4, 0.5) is 0 Å². The molecule has 0 spiro atoms. The number of hydrogen-bond donors (Lipinski definition) is 0. The summed E-state index contributed by atoms with van der Waals surface area (Å²) < 4.78 is 159. The average Bonchev–Trinajstić information content (AvgIpc) is 3.06. The molecule has 40 heavy (non-hydrogen) atoms. The van der Waals surface area contributed by atoms with Gasteiger partial charge in [-0.3, -0.25) is 0 Å². The molecule has 0 amide bonds. The van der Waals surface area contributed by atoms with Crippen LogP contribution in [0.15, 0.2) is 73.1 Å². The summed E-state index contributed by atoms with van der Waals surface area (Å²) >= 11 is 0. The molecule has 2 heteroatoms. The molecule has 0 saturated heterocycles. The van der Waals surface area contributed by atoms with Gasteiger partial charge in [0.25, 0.3) is 0 Å². The Balaban J connectivity index is 0.000000323. The van der Waals surface area contributed by atoms with Crippen molar-refractivity contribution in [3.8, 4) is 22.5 Å². The Morgan fingerprint density at radius 2 is 1.40 bits per heavy atom. The molecular weight excluding hydrogens is 484 g/mol. The summed E-state index contributed by atoms with van der Waals surface area (Å²) in [5, 5.41) is 0. The molecule has 1 atom stereocenters. The Kier molecular flexibility index (Phi) is 4.56. The summed E-state index contributed by atoms with van der Waals surface area (Å²) in [6, 6.07) is 15.8. The number of aromatic nitrogens is 2. The van der Waals surface area contributed by atoms with E-state index in [2.05, 4.69) is 0 Å². The van der Waals surface area contributed by atoms with Crippen LogP contribution in [0, 0.1) is 33.0 Å². The van der Waals surface area contributed by atoms with Gasteiger partial charge in [0.05, 0.1) is 0 Å². The van der Waals surface area contributed by atoms with Crippen molar-refractivity contribution in [2.75, 3.05) is 0 Å². The maximum absolute atomic E-state index is 8.72. The van der Waals surface area contributed by atoms with Crippen molar-refractivity contribution in [2.24, 2.45) is 19.5 Å². The minimum atomic E-state index is -3.22. The fraction of sp³-hybridized carbons (Fsp3) is 0.421. The Bertz CT molecular complexity index is 2170. The average molecular weight is 557 g/mol. The summed E-state index contributed by atoms with van der Waals surface area (Å²) in [6.45, 7) is -6.53. The lowest BCUT2D eigenvalue weighted by molar-refractivity contribution is -0.660. The molecule has 0 bridgehead atoms. The summed E-state index contributed by atoms with van der Waals surface area (Å²) in [5.74, 6) is -2.56. The maximum atomic E-state index is 8.72. The highest BCUT2D eigenvalue weighted by atomic mass is 14.9. The summed E-state index contributed by atoms with van der Waals surface area (Å²) in [4.78, 5) is 0. The van der Waals surface area contributed by atoms with Gasteiger partial charge in [-0.05, 0) is 105 Å². The molecule has 0 aliphatic rings. The van der Waals surface area contributed by atoms with Gasteiger partial charge in [0.1, 0.15) is 14.1 Å². The van der Waals surface area contributed by atoms with Gasteiger partial charge in [0, 0.05) is 61.8 Å². The number of aryl methyl sites for hydroxylation is 6. The van der Waals surface area contributed by atoms with Crippen LogP contribution in [0.1, 0.15) is 114 Å². The van der Waals surface area contributed by atoms with Crippen molar-refractivity contribution >= 4 is 0 Å². The lowest BCUT2D eigenvalue weighted by Gasteiger charge is -2.18. The van der Waals surface area contributed by atoms with Gasteiger partial charge in [-0.1, -0.05) is 58.7 Å². The van der Waals surface area contributed by atoms with Crippen molar-refractivity contribution in [2.45, 2.75) is 87.0 Å². The van der Waals surface area contributed by atoms with Crippen molar-refractivity contribution in [1.82, 2.24) is 0 Å². The molecule has 1 unspecified atom stereocenters. The molecule has 0 fully saturated rings. The Labute approximate surface area is 272 Å². The normalized spacial score (nSPS) is 22.6. The van der Waals surface area contributed by atoms with E-state index in [4.69, 9.17) is 27.4 Å². The van der Waals surface area contributed by atoms with Gasteiger partial charge in [-0.2, -0.15) is 0 Å². The second-order valence-corrected chi connectivity index (χ2v) is 10.4. The Morgan fingerprint density at radius 1 is 0.800 bits per heavy atom. The van der Waals surface area contributed by atoms with E-state index in [1.165, 1.54) is 38.2 Å². The van der Waals surface area contributed by atoms with Crippen LogP contribution in [-0.4, -0.2) is 0 Å². The SMILES string of the molecule is [2H]C([2H])([2H])CC([2H])(c1ccc(-c2ccc(C([2H])([2H])[2H])c[n+]2C)c(C)c1)C([2H])([2H])C([2H])([2H])[2H].[2H]C([2H])([2H])c1ccc(-c2ccc(C([2H])([2H])C(C)(C)C([2H])([2H])[2H])cc2C)[n+](C)c1. The zero-order valence-corrected chi connectivity index (χ0v) is 24.0. The van der Waals surface area contributed by atoms with E-state index in [0.29, 0.717) is 22.4 Å². The zero-order valence-electron chi connectivity index (χ0n) is 44.0. The fourth-order valence-electron chi connectivity index (χ4n) is 4.52. The monoisotopic (exact) mass is 557 g/mol. The van der Waals surface area contributed by atoms with E-state index in [1.807, 2.05) is 6.92 Å². The molecular formula is C38H52N2+2. The summed E-state index contributed by atoms with van der Waals surface area (Å²) in [7, 11) is 3.43. The standard InChI is InChI=1S/2C19H26N/c1-14-7-10-18(20(6)13-14)17-9-8-16(11-15(17)2)12-19(3,4)5;1-6-16(7-2)17-9-10-18(15(4)12-17)19-11-8-14(3)13-20(19)5/h7-11,13H,12H2,1-6H3;8-13,16H,6-7H2,1-5H3/q2*+1/i1D3,3D3,12D2;1D3,2D3,3D3,6D2,16D. The van der Waals surface area contributed by atoms with Gasteiger partial charge in [0.2, 0.25) is 11.4 Å². The smallest absolute Gasteiger partial charge is 0.201 e. The first-order chi connectivity index (χ1) is 26.7. The van der Waals surface area contributed by atoms with Crippen molar-refractivity contribution in [1.29, 1.82) is 0 Å². The molecule has 212 valence electrons. The van der Waals surface area contributed by atoms with Crippen LogP contribution in [0.2, 0.25) is 0 Å². The topological polar surface area (TPSA) is 7.76 Å². The molecule has 0 aliphatic heterocycles. The van der Waals surface area contributed by atoms with Crippen LogP contribution >= 0.6 is 0 Å². The third-order valence-electron chi connectivity index (χ3n) is 6.40. The lowest BCUT2D eigenvalue weighted by atomic mass is 9.87. The summed E-state index contributed by atoms with van der Waals surface area (Å²) in [6.07, 6.45) is -3.13. The second kappa shape index (κ2) is 13.4. The first-order valence-electron chi connectivity index (χ1n) is 22.9. The van der Waals surface area contributed by atoms with Crippen LogP contribution in [0.3, 0.4) is 0 Å². The number of rotatable bonds is 6. The number of pyridine rings is 2. The van der Waals surface area contributed by atoms with E-state index in [9.17, 15) is 0 Å². The van der Waals surface area contributed by atoms with Crippen LogP contribution in [0.5, 0.6) is 0 Å². The molecule has 0 saturated carbocycles. The Morgan fingerprint density at radius 3 is 1.88 bits per heavy atom. The van der Waals surface area contributed by atoms with Crippen molar-refractivity contribution < 1.29 is 36.5 Å². The van der Waals surface area contributed by atoms with Crippen LogP contribution in [-0.2, 0) is 20.5 Å². The first kappa shape index (κ1) is 13.6. The molecule has 4 aromatic rings. The van der Waals surface area contributed by atoms with E-state index in [1.54, 1.807) is 78.8 Å². The molecule has 2 nitrogen and oxygen atoms in total. The van der Waals surface area contributed by atoms with E-state index in [-0.39, 0.29) is 16.7 Å². The number of benzene rings is 2. The predicted octanol–water partition coefficient (Wildman–Crippen LogP) is 9.08. The first-order valence-corrected chi connectivity index (χ1v) is 12.9. The molecule has 2 aromatic carbocycles. The zero-order chi connectivity index (χ0) is 46.6. The second-order valence-electron chi connectivity index (χ2n) is 10.4. The van der Waals surface area contributed by atoms with Crippen molar-refractivity contribution in [3.05, 3.63) is 106 Å². The largest absolute Gasteiger partial charge is 0.212 e. The number of hydrogen-bond acceptors (Lipinski definition) is 0. The van der Waals surface area contributed by atoms with Gasteiger partial charge < -0.3 is 0 Å². The van der Waals surface area contributed by atoms with Crippen LogP contribution < -0.4 is 9.13 Å². The third-order valence-corrected chi connectivity index (χ3v) is 6.40. The van der Waals surface area contributed by atoms with Crippen molar-refractivity contribution in [3.63, 3.8) is 0 Å². The highest BCUT2D eigenvalue weighted by Gasteiger charge is 2.16. The minimum Gasteiger partial charge on any atom is -0.201 e. The van der Waals surface area contributed by atoms with E-state index >= 15 is 0 Å². The van der Waals surface area contributed by atoms with Crippen LogP contribution in [0.25, 0.3) is 22.5 Å². The fourth-order valence-corrected chi connectivity index (χ4v) is 4.52. The minimum absolute atomic E-state index is 0.0576. The molecule has 2 heterocycles. The molecule has 0 N–H and O–H groups in total. The molecule has 0 aliphatic carbocycles. The molecule has 0 radical (unpaired) electrons. The van der Waals surface area contributed by atoms with Gasteiger partial charge in [-0.15, -0.1) is 0 Å². The highest BCUT2D eigenvalue weighted by molar-refractivity contribution is 5.62. The quantitative estimate of drug-likeness (QED) is 0.209. The summed E-state index contributed by atoms with van der Waals surface area (Å²) in [5.41, 5.74) is 3.32. The third kappa shape index (κ3) is 8.13. The number of nitrogens with zero attached hydrogens (tertiary/aromatic N) is 2. The predicted molar refractivity (Wildman–Crippen MR) is 172 cm³/mol. The van der Waals surface area contributed by atoms with E-state index in [0.717, 1.165) is 16.8 Å². The highest BCUT2D eigenvalue weighted by Crippen LogP contribution is 2.29. The molecule has 2 aromatic heterocycles. The van der Waals surface area contributed by atoms with E-state index < -0.39 is 64.7 Å². The lowest BCUT2D eigenvalue weighted by Crippen LogP contribution is -2.31.